The average molecular weight is 290 g/mol. The van der Waals surface area contributed by atoms with Crippen molar-refractivity contribution in [3.63, 3.8) is 0 Å². The molecule has 0 bridgehead atoms. The number of carbonyl (C=O) groups is 1. The Balaban J connectivity index is 2.19. The number of aromatic hydroxyl groups is 1. The lowest BCUT2D eigenvalue weighted by Gasteiger charge is -2.18. The third-order valence-electron chi connectivity index (χ3n) is 3.10. The third kappa shape index (κ3) is 3.11. The number of amides is 1. The second kappa shape index (κ2) is 5.97. The van der Waals surface area contributed by atoms with E-state index in [2.05, 4.69) is 0 Å². The number of carbonyl (C=O) groups excluding carboxylic acids is 1. The van der Waals surface area contributed by atoms with Crippen LogP contribution < -0.4 is 0 Å². The second-order valence-electron chi connectivity index (χ2n) is 4.77. The maximum absolute atomic E-state index is 12.3. The van der Waals surface area contributed by atoms with Crippen molar-refractivity contribution >= 4 is 17.5 Å². The van der Waals surface area contributed by atoms with E-state index in [1.807, 2.05) is 25.1 Å². The van der Waals surface area contributed by atoms with Gasteiger partial charge < -0.3 is 10.0 Å². The van der Waals surface area contributed by atoms with E-state index in [4.69, 9.17) is 11.6 Å². The largest absolute Gasteiger partial charge is 0.507 e. The molecule has 2 aromatic carbocycles. The Labute approximate surface area is 123 Å². The van der Waals surface area contributed by atoms with Crippen molar-refractivity contribution in [3.8, 4) is 5.75 Å². The van der Waals surface area contributed by atoms with Crippen molar-refractivity contribution in [2.75, 3.05) is 7.05 Å². The minimum Gasteiger partial charge on any atom is -0.507 e. The zero-order valence-electron chi connectivity index (χ0n) is 11.4. The summed E-state index contributed by atoms with van der Waals surface area (Å²) in [5, 5.41) is 10.5. The summed E-state index contributed by atoms with van der Waals surface area (Å²) >= 11 is 6.08. The van der Waals surface area contributed by atoms with Gasteiger partial charge >= 0.3 is 0 Å². The number of hydrogen-bond acceptors (Lipinski definition) is 2. The summed E-state index contributed by atoms with van der Waals surface area (Å²) in [6.07, 6.45) is 0. The summed E-state index contributed by atoms with van der Waals surface area (Å²) < 4.78 is 0. The van der Waals surface area contributed by atoms with Crippen LogP contribution in [0.4, 0.5) is 0 Å². The van der Waals surface area contributed by atoms with Crippen LogP contribution in [0, 0.1) is 6.92 Å². The molecule has 0 fully saturated rings. The van der Waals surface area contributed by atoms with Gasteiger partial charge in [-0.1, -0.05) is 35.9 Å². The first kappa shape index (κ1) is 14.4. The zero-order valence-corrected chi connectivity index (χ0v) is 12.2. The molecular weight excluding hydrogens is 274 g/mol. The molecular formula is C16H16ClNO2. The maximum atomic E-state index is 12.3. The van der Waals surface area contributed by atoms with E-state index in [9.17, 15) is 9.90 Å². The first-order valence-corrected chi connectivity index (χ1v) is 6.65. The van der Waals surface area contributed by atoms with Crippen molar-refractivity contribution in [2.24, 2.45) is 0 Å². The summed E-state index contributed by atoms with van der Waals surface area (Å²) in [4.78, 5) is 13.8. The second-order valence-corrected chi connectivity index (χ2v) is 5.18. The molecule has 4 heteroatoms. The number of halogens is 1. The molecule has 20 heavy (non-hydrogen) atoms. The molecule has 0 saturated heterocycles. The van der Waals surface area contributed by atoms with Crippen LogP contribution in [-0.4, -0.2) is 23.0 Å². The van der Waals surface area contributed by atoms with Crippen LogP contribution in [0.1, 0.15) is 21.5 Å². The molecule has 0 atom stereocenters. The summed E-state index contributed by atoms with van der Waals surface area (Å²) in [5.74, 6) is -0.233. The molecule has 104 valence electrons. The topological polar surface area (TPSA) is 40.5 Å². The van der Waals surface area contributed by atoms with Gasteiger partial charge in [-0.25, -0.2) is 0 Å². The van der Waals surface area contributed by atoms with Crippen LogP contribution in [0.2, 0.25) is 5.02 Å². The number of phenols is 1. The van der Waals surface area contributed by atoms with Crippen molar-refractivity contribution in [1.82, 2.24) is 4.90 Å². The Hall–Kier alpha value is -2.00. The minimum absolute atomic E-state index is 0.000934. The first-order chi connectivity index (χ1) is 9.49. The molecule has 0 heterocycles. The number of rotatable bonds is 3. The number of phenolic OH excluding ortho intramolecular Hbond substituents is 1. The zero-order chi connectivity index (χ0) is 14.7. The predicted octanol–water partition coefficient (Wildman–Crippen LogP) is 3.63. The molecule has 1 amide bonds. The fourth-order valence-corrected chi connectivity index (χ4v) is 2.18. The molecule has 0 spiro atoms. The Morgan fingerprint density at radius 1 is 1.25 bits per heavy atom. The van der Waals surface area contributed by atoms with Gasteiger partial charge in [-0.15, -0.1) is 0 Å². The van der Waals surface area contributed by atoms with Crippen LogP contribution in [0.25, 0.3) is 0 Å². The molecule has 0 radical (unpaired) electrons. The van der Waals surface area contributed by atoms with E-state index < -0.39 is 0 Å². The van der Waals surface area contributed by atoms with E-state index in [1.54, 1.807) is 31.3 Å². The quantitative estimate of drug-likeness (QED) is 0.937. The Morgan fingerprint density at radius 2 is 1.95 bits per heavy atom. The van der Waals surface area contributed by atoms with E-state index in [-0.39, 0.29) is 11.7 Å². The number of hydrogen-bond donors (Lipinski definition) is 1. The Bertz CT molecular complexity index is 640. The van der Waals surface area contributed by atoms with Gasteiger partial charge in [0.1, 0.15) is 5.75 Å². The monoisotopic (exact) mass is 289 g/mol. The lowest BCUT2D eigenvalue weighted by atomic mass is 10.1. The van der Waals surface area contributed by atoms with Crippen LogP contribution in [0.5, 0.6) is 5.75 Å². The fraction of sp³-hybridized carbons (Fsp3) is 0.188. The molecule has 0 aromatic heterocycles. The molecule has 0 aliphatic carbocycles. The number of benzene rings is 2. The van der Waals surface area contributed by atoms with Gasteiger partial charge in [0, 0.05) is 18.6 Å². The van der Waals surface area contributed by atoms with Gasteiger partial charge in [0.15, 0.2) is 0 Å². The molecule has 0 saturated carbocycles. The van der Waals surface area contributed by atoms with Gasteiger partial charge in [0.05, 0.1) is 5.56 Å². The molecule has 3 nitrogen and oxygen atoms in total. The van der Waals surface area contributed by atoms with Crippen LogP contribution >= 0.6 is 11.6 Å². The van der Waals surface area contributed by atoms with Crippen molar-refractivity contribution < 1.29 is 9.90 Å². The highest BCUT2D eigenvalue weighted by atomic mass is 35.5. The molecule has 0 unspecified atom stereocenters. The van der Waals surface area contributed by atoms with Crippen LogP contribution in [0.3, 0.4) is 0 Å². The van der Waals surface area contributed by atoms with Crippen molar-refractivity contribution in [3.05, 3.63) is 64.2 Å². The lowest BCUT2D eigenvalue weighted by molar-refractivity contribution is 0.0782. The SMILES string of the molecule is Cc1ccc(C(=O)N(C)Cc2ccccc2Cl)c(O)c1. The van der Waals surface area contributed by atoms with Gasteiger partial charge in [-0.05, 0) is 36.2 Å². The van der Waals surface area contributed by atoms with Crippen molar-refractivity contribution in [2.45, 2.75) is 13.5 Å². The van der Waals surface area contributed by atoms with E-state index in [0.717, 1.165) is 11.1 Å². The predicted molar refractivity (Wildman–Crippen MR) is 80.1 cm³/mol. The van der Waals surface area contributed by atoms with E-state index >= 15 is 0 Å². The van der Waals surface area contributed by atoms with E-state index in [1.165, 1.54) is 4.90 Å². The van der Waals surface area contributed by atoms with Crippen molar-refractivity contribution in [1.29, 1.82) is 0 Å². The average Bonchev–Trinajstić information content (AvgIpc) is 2.40. The van der Waals surface area contributed by atoms with Gasteiger partial charge in [0.2, 0.25) is 0 Å². The Morgan fingerprint density at radius 3 is 2.60 bits per heavy atom. The maximum Gasteiger partial charge on any atom is 0.257 e. The molecule has 1 N–H and O–H groups in total. The molecule has 2 rings (SSSR count). The molecule has 0 aliphatic heterocycles. The third-order valence-corrected chi connectivity index (χ3v) is 3.46. The molecule has 0 aliphatic rings. The summed E-state index contributed by atoms with van der Waals surface area (Å²) in [7, 11) is 1.69. The highest BCUT2D eigenvalue weighted by Crippen LogP contribution is 2.22. The normalized spacial score (nSPS) is 10.3. The highest BCUT2D eigenvalue weighted by molar-refractivity contribution is 6.31. The summed E-state index contributed by atoms with van der Waals surface area (Å²) in [5.41, 5.74) is 2.08. The fourth-order valence-electron chi connectivity index (χ4n) is 1.98. The van der Waals surface area contributed by atoms with Gasteiger partial charge in [-0.3, -0.25) is 4.79 Å². The lowest BCUT2D eigenvalue weighted by Crippen LogP contribution is -2.26. The van der Waals surface area contributed by atoms with Gasteiger partial charge in [-0.2, -0.15) is 0 Å². The van der Waals surface area contributed by atoms with Gasteiger partial charge in [0.25, 0.3) is 5.91 Å². The summed E-state index contributed by atoms with van der Waals surface area (Å²) in [6.45, 7) is 2.26. The number of nitrogens with zero attached hydrogens (tertiary/aromatic N) is 1. The van der Waals surface area contributed by atoms with Crippen LogP contribution in [0.15, 0.2) is 42.5 Å². The molecule has 2 aromatic rings. The first-order valence-electron chi connectivity index (χ1n) is 6.27. The smallest absolute Gasteiger partial charge is 0.257 e. The standard InChI is InChI=1S/C16H16ClNO2/c1-11-7-8-13(15(19)9-11)16(20)18(2)10-12-5-3-4-6-14(12)17/h3-9,19H,10H2,1-2H3. The highest BCUT2D eigenvalue weighted by Gasteiger charge is 2.16. The van der Waals surface area contributed by atoms with E-state index in [0.29, 0.717) is 17.1 Å². The van der Waals surface area contributed by atoms with Crippen LogP contribution in [-0.2, 0) is 6.54 Å². The summed E-state index contributed by atoms with van der Waals surface area (Å²) in [6, 6.07) is 12.4. The number of aryl methyl sites for hydroxylation is 1. The Kier molecular flexibility index (Phi) is 4.30. The minimum atomic E-state index is -0.234.